The van der Waals surface area contributed by atoms with E-state index in [0.29, 0.717) is 5.71 Å². The van der Waals surface area contributed by atoms with Gasteiger partial charge in [0.1, 0.15) is 0 Å². The summed E-state index contributed by atoms with van der Waals surface area (Å²) in [4.78, 5) is 10.6. The number of nitrogens with two attached hydrogens (primary N) is 1. The van der Waals surface area contributed by atoms with Gasteiger partial charge in [0.05, 0.1) is 23.3 Å². The Balaban J connectivity index is 2.34. The van der Waals surface area contributed by atoms with Crippen LogP contribution in [-0.4, -0.2) is 21.5 Å². The third-order valence-corrected chi connectivity index (χ3v) is 2.35. The first-order chi connectivity index (χ1) is 8.68. The van der Waals surface area contributed by atoms with E-state index in [1.165, 1.54) is 0 Å². The van der Waals surface area contributed by atoms with Gasteiger partial charge >= 0.3 is 6.03 Å². The van der Waals surface area contributed by atoms with Gasteiger partial charge in [0.15, 0.2) is 0 Å². The molecule has 2 rings (SSSR count). The van der Waals surface area contributed by atoms with Crippen LogP contribution < -0.4 is 11.2 Å². The fraction of sp³-hybridized carbons (Fsp3) is 0.0833. The second-order valence-electron chi connectivity index (χ2n) is 3.64. The van der Waals surface area contributed by atoms with Gasteiger partial charge in [-0.15, -0.1) is 0 Å². The fourth-order valence-corrected chi connectivity index (χ4v) is 1.55. The van der Waals surface area contributed by atoms with Gasteiger partial charge in [-0.2, -0.15) is 10.2 Å². The number of hydrogen-bond acceptors (Lipinski definition) is 3. The number of primary amides is 1. The Morgan fingerprint density at radius 2 is 2.06 bits per heavy atom. The molecule has 18 heavy (non-hydrogen) atoms. The van der Waals surface area contributed by atoms with Crippen molar-refractivity contribution in [3.8, 4) is 5.69 Å². The van der Waals surface area contributed by atoms with E-state index in [4.69, 9.17) is 5.73 Å². The molecule has 2 amide bonds. The SMILES string of the molecule is CC(=NNC(N)=O)c1ccnn1-c1ccccc1. The largest absolute Gasteiger partial charge is 0.350 e. The van der Waals surface area contributed by atoms with E-state index in [0.717, 1.165) is 11.4 Å². The highest BCUT2D eigenvalue weighted by molar-refractivity contribution is 5.98. The Kier molecular flexibility index (Phi) is 3.38. The standard InChI is InChI=1S/C12H13N5O/c1-9(15-16-12(13)18)11-7-8-14-17(11)10-5-3-2-4-6-10/h2-8H,1H3,(H3,13,16,18). The van der Waals surface area contributed by atoms with Crippen LogP contribution in [0.15, 0.2) is 47.7 Å². The van der Waals surface area contributed by atoms with Crippen LogP contribution in [0.5, 0.6) is 0 Å². The van der Waals surface area contributed by atoms with Gasteiger partial charge in [-0.3, -0.25) is 0 Å². The Morgan fingerprint density at radius 3 is 2.72 bits per heavy atom. The quantitative estimate of drug-likeness (QED) is 0.628. The van der Waals surface area contributed by atoms with Crippen molar-refractivity contribution < 1.29 is 4.79 Å². The van der Waals surface area contributed by atoms with Crippen molar-refractivity contribution in [1.82, 2.24) is 15.2 Å². The van der Waals surface area contributed by atoms with Crippen LogP contribution in [0.3, 0.4) is 0 Å². The van der Waals surface area contributed by atoms with Crippen molar-refractivity contribution in [3.05, 3.63) is 48.3 Å². The summed E-state index contributed by atoms with van der Waals surface area (Å²) in [6, 6.07) is 10.8. The van der Waals surface area contributed by atoms with Crippen LogP contribution >= 0.6 is 0 Å². The topological polar surface area (TPSA) is 85.3 Å². The minimum absolute atomic E-state index is 0.621. The zero-order chi connectivity index (χ0) is 13.0. The molecule has 0 unspecified atom stereocenters. The molecule has 0 aliphatic heterocycles. The number of hydrazone groups is 1. The number of benzene rings is 1. The molecule has 0 saturated heterocycles. The van der Waals surface area contributed by atoms with Crippen molar-refractivity contribution in [2.45, 2.75) is 6.92 Å². The number of carbonyl (C=O) groups excluding carboxylic acids is 1. The smallest absolute Gasteiger partial charge is 0.332 e. The summed E-state index contributed by atoms with van der Waals surface area (Å²) in [6.07, 6.45) is 1.67. The summed E-state index contributed by atoms with van der Waals surface area (Å²) >= 11 is 0. The van der Waals surface area contributed by atoms with Crippen LogP contribution in [-0.2, 0) is 0 Å². The summed E-state index contributed by atoms with van der Waals surface area (Å²) in [5.74, 6) is 0. The lowest BCUT2D eigenvalue weighted by Gasteiger charge is -2.06. The molecule has 0 radical (unpaired) electrons. The highest BCUT2D eigenvalue weighted by Gasteiger charge is 2.07. The van der Waals surface area contributed by atoms with Gasteiger partial charge in [-0.1, -0.05) is 18.2 Å². The average molecular weight is 243 g/mol. The molecule has 0 spiro atoms. The minimum atomic E-state index is -0.694. The number of rotatable bonds is 3. The number of nitrogens with zero attached hydrogens (tertiary/aromatic N) is 3. The van der Waals surface area contributed by atoms with Crippen LogP contribution in [0, 0.1) is 0 Å². The van der Waals surface area contributed by atoms with Gasteiger partial charge in [-0.25, -0.2) is 14.9 Å². The Bertz CT molecular complexity index is 573. The zero-order valence-electron chi connectivity index (χ0n) is 9.87. The molecule has 0 aliphatic carbocycles. The summed E-state index contributed by atoms with van der Waals surface area (Å²) in [6.45, 7) is 1.77. The number of hydrogen-bond donors (Lipinski definition) is 2. The molecule has 92 valence electrons. The molecule has 6 nitrogen and oxygen atoms in total. The first kappa shape index (κ1) is 11.8. The number of nitrogens with one attached hydrogen (secondary N) is 1. The van der Waals surface area contributed by atoms with Crippen LogP contribution in [0.1, 0.15) is 12.6 Å². The Labute approximate surface area is 104 Å². The van der Waals surface area contributed by atoms with E-state index in [9.17, 15) is 4.79 Å². The zero-order valence-corrected chi connectivity index (χ0v) is 9.87. The molecule has 1 aromatic carbocycles. The number of urea groups is 1. The van der Waals surface area contributed by atoms with E-state index in [1.807, 2.05) is 36.4 Å². The van der Waals surface area contributed by atoms with Crippen LogP contribution in [0.4, 0.5) is 4.79 Å². The third-order valence-electron chi connectivity index (χ3n) is 2.35. The molecule has 0 atom stereocenters. The second-order valence-corrected chi connectivity index (χ2v) is 3.64. The molecule has 0 aliphatic rings. The van der Waals surface area contributed by atoms with E-state index >= 15 is 0 Å². The maximum Gasteiger partial charge on any atom is 0.332 e. The van der Waals surface area contributed by atoms with E-state index in [2.05, 4.69) is 15.6 Å². The molecule has 0 fully saturated rings. The lowest BCUT2D eigenvalue weighted by molar-refractivity contribution is 0.249. The number of carbonyl (C=O) groups is 1. The summed E-state index contributed by atoms with van der Waals surface area (Å²) in [7, 11) is 0. The predicted molar refractivity (Wildman–Crippen MR) is 68.5 cm³/mol. The first-order valence-corrected chi connectivity index (χ1v) is 5.38. The normalized spacial score (nSPS) is 11.3. The Morgan fingerprint density at radius 1 is 1.33 bits per heavy atom. The molecule has 6 heteroatoms. The lowest BCUT2D eigenvalue weighted by atomic mass is 10.2. The highest BCUT2D eigenvalue weighted by atomic mass is 16.2. The summed E-state index contributed by atoms with van der Waals surface area (Å²) < 4.78 is 1.74. The van der Waals surface area contributed by atoms with Crippen molar-refractivity contribution in [1.29, 1.82) is 0 Å². The maximum atomic E-state index is 10.6. The molecule has 0 bridgehead atoms. The predicted octanol–water partition coefficient (Wildman–Crippen LogP) is 1.26. The number of para-hydroxylation sites is 1. The average Bonchev–Trinajstić information content (AvgIpc) is 2.86. The molecule has 1 aromatic heterocycles. The van der Waals surface area contributed by atoms with Gasteiger partial charge in [0, 0.05) is 0 Å². The van der Waals surface area contributed by atoms with Crippen molar-refractivity contribution >= 4 is 11.7 Å². The van der Waals surface area contributed by atoms with E-state index < -0.39 is 6.03 Å². The first-order valence-electron chi connectivity index (χ1n) is 5.38. The molecular weight excluding hydrogens is 230 g/mol. The van der Waals surface area contributed by atoms with Crippen LogP contribution in [0.2, 0.25) is 0 Å². The molecule has 1 heterocycles. The summed E-state index contributed by atoms with van der Waals surface area (Å²) in [5.41, 5.74) is 9.49. The minimum Gasteiger partial charge on any atom is -0.350 e. The molecule has 0 saturated carbocycles. The molecule has 2 aromatic rings. The van der Waals surface area contributed by atoms with Gasteiger partial charge in [0.2, 0.25) is 0 Å². The lowest BCUT2D eigenvalue weighted by Crippen LogP contribution is -2.26. The monoisotopic (exact) mass is 243 g/mol. The van der Waals surface area contributed by atoms with E-state index in [1.54, 1.807) is 17.8 Å². The maximum absolute atomic E-state index is 10.6. The van der Waals surface area contributed by atoms with Crippen molar-refractivity contribution in [2.24, 2.45) is 10.8 Å². The molecule has 3 N–H and O–H groups in total. The van der Waals surface area contributed by atoms with Crippen LogP contribution in [0.25, 0.3) is 5.69 Å². The second kappa shape index (κ2) is 5.13. The fourth-order valence-electron chi connectivity index (χ4n) is 1.55. The third kappa shape index (κ3) is 2.54. The van der Waals surface area contributed by atoms with Crippen molar-refractivity contribution in [2.75, 3.05) is 0 Å². The van der Waals surface area contributed by atoms with Gasteiger partial charge in [0.25, 0.3) is 0 Å². The Hall–Kier alpha value is -2.63. The van der Waals surface area contributed by atoms with Gasteiger partial charge in [-0.05, 0) is 25.1 Å². The summed E-state index contributed by atoms with van der Waals surface area (Å²) in [5, 5.41) is 8.11. The highest BCUT2D eigenvalue weighted by Crippen LogP contribution is 2.10. The number of amides is 2. The molecular formula is C12H13N5O. The van der Waals surface area contributed by atoms with E-state index in [-0.39, 0.29) is 0 Å². The number of aromatic nitrogens is 2. The van der Waals surface area contributed by atoms with Crippen molar-refractivity contribution in [3.63, 3.8) is 0 Å². The van der Waals surface area contributed by atoms with Gasteiger partial charge < -0.3 is 5.73 Å².